The first-order valence-electron chi connectivity index (χ1n) is 6.22. The lowest BCUT2D eigenvalue weighted by Gasteiger charge is -2.32. The van der Waals surface area contributed by atoms with Crippen LogP contribution in [0, 0.1) is 5.92 Å². The van der Waals surface area contributed by atoms with Crippen LogP contribution >= 0.6 is 0 Å². The molecular weight excluding hydrogens is 204 g/mol. The minimum atomic E-state index is -0.659. The van der Waals surface area contributed by atoms with E-state index in [0.717, 1.165) is 25.7 Å². The van der Waals surface area contributed by atoms with Crippen molar-refractivity contribution >= 4 is 5.91 Å². The third-order valence-electron chi connectivity index (χ3n) is 3.33. The fourth-order valence-corrected chi connectivity index (χ4v) is 2.21. The first-order chi connectivity index (χ1) is 7.57. The van der Waals surface area contributed by atoms with E-state index in [9.17, 15) is 9.90 Å². The summed E-state index contributed by atoms with van der Waals surface area (Å²) in [6.07, 6.45) is 4.96. The molecule has 1 unspecified atom stereocenters. The van der Waals surface area contributed by atoms with Crippen molar-refractivity contribution in [2.24, 2.45) is 5.92 Å². The zero-order valence-electron chi connectivity index (χ0n) is 10.4. The Bertz CT molecular complexity index is 225. The summed E-state index contributed by atoms with van der Waals surface area (Å²) < 4.78 is 0. The Morgan fingerprint density at radius 3 is 2.56 bits per heavy atom. The van der Waals surface area contributed by atoms with Gasteiger partial charge in [-0.15, -0.1) is 0 Å². The molecule has 1 saturated carbocycles. The summed E-state index contributed by atoms with van der Waals surface area (Å²) in [6.45, 7) is 2.96. The second-order valence-corrected chi connectivity index (χ2v) is 4.96. The van der Waals surface area contributed by atoms with Crippen LogP contribution in [0.4, 0.5) is 0 Å². The Morgan fingerprint density at radius 1 is 1.38 bits per heavy atom. The third-order valence-corrected chi connectivity index (χ3v) is 3.33. The predicted molar refractivity (Wildman–Crippen MR) is 64.1 cm³/mol. The minimum Gasteiger partial charge on any atom is -0.388 e. The van der Waals surface area contributed by atoms with Gasteiger partial charge in [0.05, 0.1) is 5.60 Å². The average Bonchev–Trinajstić information content (AvgIpc) is 2.27. The van der Waals surface area contributed by atoms with Gasteiger partial charge in [-0.1, -0.05) is 26.2 Å². The number of hydrogen-bond donors (Lipinski definition) is 3. The van der Waals surface area contributed by atoms with E-state index in [1.165, 1.54) is 6.42 Å². The standard InChI is InChI=1S/C12H24N2O2/c1-10(8-13-2)11(15)14-9-12(16)6-4-3-5-7-12/h10,13,16H,3-9H2,1-2H3,(H,14,15). The molecule has 1 rings (SSSR count). The number of nitrogens with one attached hydrogen (secondary N) is 2. The van der Waals surface area contributed by atoms with Gasteiger partial charge in [-0.2, -0.15) is 0 Å². The molecule has 3 N–H and O–H groups in total. The van der Waals surface area contributed by atoms with Gasteiger partial charge < -0.3 is 15.7 Å². The van der Waals surface area contributed by atoms with Crippen molar-refractivity contribution in [1.82, 2.24) is 10.6 Å². The molecule has 1 amide bonds. The minimum absolute atomic E-state index is 0.0216. The van der Waals surface area contributed by atoms with Crippen molar-refractivity contribution in [2.75, 3.05) is 20.1 Å². The van der Waals surface area contributed by atoms with E-state index in [0.29, 0.717) is 13.1 Å². The Kier molecular flexibility index (Phi) is 5.22. The molecule has 0 aromatic rings. The van der Waals surface area contributed by atoms with Crippen molar-refractivity contribution in [3.8, 4) is 0 Å². The van der Waals surface area contributed by atoms with Gasteiger partial charge in [-0.05, 0) is 19.9 Å². The average molecular weight is 228 g/mol. The summed E-state index contributed by atoms with van der Waals surface area (Å²) in [5.74, 6) is -0.0226. The molecular formula is C12H24N2O2. The molecule has 0 aliphatic heterocycles. The van der Waals surface area contributed by atoms with Crippen LogP contribution in [0.25, 0.3) is 0 Å². The van der Waals surface area contributed by atoms with Crippen molar-refractivity contribution in [3.05, 3.63) is 0 Å². The molecule has 16 heavy (non-hydrogen) atoms. The molecule has 0 radical (unpaired) electrons. The van der Waals surface area contributed by atoms with E-state index in [2.05, 4.69) is 10.6 Å². The number of amides is 1. The zero-order valence-corrected chi connectivity index (χ0v) is 10.4. The van der Waals surface area contributed by atoms with Crippen LogP contribution < -0.4 is 10.6 Å². The fourth-order valence-electron chi connectivity index (χ4n) is 2.21. The van der Waals surface area contributed by atoms with Crippen LogP contribution in [0.3, 0.4) is 0 Å². The summed E-state index contributed by atoms with van der Waals surface area (Å²) in [6, 6.07) is 0. The molecule has 4 heteroatoms. The SMILES string of the molecule is CNCC(C)C(=O)NCC1(O)CCCCC1. The molecule has 0 bridgehead atoms. The van der Waals surface area contributed by atoms with Crippen molar-refractivity contribution in [3.63, 3.8) is 0 Å². The van der Waals surface area contributed by atoms with Crippen molar-refractivity contribution in [1.29, 1.82) is 0 Å². The normalized spacial score (nSPS) is 21.4. The maximum absolute atomic E-state index is 11.7. The van der Waals surface area contributed by atoms with Crippen LogP contribution in [-0.2, 0) is 4.79 Å². The van der Waals surface area contributed by atoms with Gasteiger partial charge in [0.25, 0.3) is 0 Å². The highest BCUT2D eigenvalue weighted by atomic mass is 16.3. The van der Waals surface area contributed by atoms with Crippen LogP contribution in [-0.4, -0.2) is 36.8 Å². The number of carbonyl (C=O) groups is 1. The summed E-state index contributed by atoms with van der Waals surface area (Å²) in [5, 5.41) is 16.0. The topological polar surface area (TPSA) is 61.4 Å². The molecule has 4 nitrogen and oxygen atoms in total. The monoisotopic (exact) mass is 228 g/mol. The van der Waals surface area contributed by atoms with Crippen LogP contribution in [0.15, 0.2) is 0 Å². The van der Waals surface area contributed by atoms with Gasteiger partial charge in [-0.25, -0.2) is 0 Å². The van der Waals surface area contributed by atoms with Crippen molar-refractivity contribution in [2.45, 2.75) is 44.6 Å². The zero-order chi connectivity index (χ0) is 12.0. The first-order valence-corrected chi connectivity index (χ1v) is 6.22. The second-order valence-electron chi connectivity index (χ2n) is 4.96. The van der Waals surface area contributed by atoms with E-state index in [-0.39, 0.29) is 11.8 Å². The van der Waals surface area contributed by atoms with E-state index >= 15 is 0 Å². The molecule has 0 saturated heterocycles. The van der Waals surface area contributed by atoms with Gasteiger partial charge in [-0.3, -0.25) is 4.79 Å². The first kappa shape index (κ1) is 13.5. The highest BCUT2D eigenvalue weighted by Gasteiger charge is 2.29. The molecule has 94 valence electrons. The molecule has 1 aliphatic carbocycles. The maximum Gasteiger partial charge on any atom is 0.224 e. The molecule has 1 aliphatic rings. The van der Waals surface area contributed by atoms with E-state index in [4.69, 9.17) is 0 Å². The lowest BCUT2D eigenvalue weighted by molar-refractivity contribution is -0.126. The highest BCUT2D eigenvalue weighted by molar-refractivity contribution is 5.78. The summed E-state index contributed by atoms with van der Waals surface area (Å²) in [5.41, 5.74) is -0.659. The van der Waals surface area contributed by atoms with E-state index in [1.807, 2.05) is 14.0 Å². The Balaban J connectivity index is 2.29. The van der Waals surface area contributed by atoms with Gasteiger partial charge >= 0.3 is 0 Å². The lowest BCUT2D eigenvalue weighted by Crippen LogP contribution is -2.46. The van der Waals surface area contributed by atoms with Gasteiger partial charge in [0, 0.05) is 19.0 Å². The van der Waals surface area contributed by atoms with E-state index < -0.39 is 5.60 Å². The quantitative estimate of drug-likeness (QED) is 0.647. The lowest BCUT2D eigenvalue weighted by atomic mass is 9.85. The second kappa shape index (κ2) is 6.21. The number of aliphatic hydroxyl groups is 1. The largest absolute Gasteiger partial charge is 0.388 e. The molecule has 0 aromatic heterocycles. The summed E-state index contributed by atoms with van der Waals surface area (Å²) >= 11 is 0. The Hall–Kier alpha value is -0.610. The molecule has 1 atom stereocenters. The van der Waals surface area contributed by atoms with Gasteiger partial charge in [0.1, 0.15) is 0 Å². The molecule has 1 fully saturated rings. The Morgan fingerprint density at radius 2 is 2.00 bits per heavy atom. The molecule has 0 heterocycles. The summed E-state index contributed by atoms with van der Waals surface area (Å²) in [7, 11) is 1.83. The van der Waals surface area contributed by atoms with Crippen LogP contribution in [0.1, 0.15) is 39.0 Å². The van der Waals surface area contributed by atoms with Crippen LogP contribution in [0.2, 0.25) is 0 Å². The molecule has 0 aromatic carbocycles. The maximum atomic E-state index is 11.7. The highest BCUT2D eigenvalue weighted by Crippen LogP contribution is 2.27. The third kappa shape index (κ3) is 4.10. The fraction of sp³-hybridized carbons (Fsp3) is 0.917. The predicted octanol–water partition coefficient (Wildman–Crippen LogP) is 0.653. The van der Waals surface area contributed by atoms with Crippen LogP contribution in [0.5, 0.6) is 0 Å². The van der Waals surface area contributed by atoms with Crippen molar-refractivity contribution < 1.29 is 9.90 Å². The number of carbonyl (C=O) groups excluding carboxylic acids is 1. The smallest absolute Gasteiger partial charge is 0.224 e. The Labute approximate surface area is 97.8 Å². The van der Waals surface area contributed by atoms with Gasteiger partial charge in [0.2, 0.25) is 5.91 Å². The number of rotatable bonds is 5. The summed E-state index contributed by atoms with van der Waals surface area (Å²) in [4.78, 5) is 11.7. The van der Waals surface area contributed by atoms with Gasteiger partial charge in [0.15, 0.2) is 0 Å². The number of hydrogen-bond acceptors (Lipinski definition) is 3. The molecule has 0 spiro atoms. The van der Waals surface area contributed by atoms with E-state index in [1.54, 1.807) is 0 Å².